The van der Waals surface area contributed by atoms with Crippen LogP contribution in [-0.4, -0.2) is 29.6 Å². The van der Waals surface area contributed by atoms with Crippen molar-refractivity contribution < 1.29 is 22.8 Å². The van der Waals surface area contributed by atoms with E-state index in [0.717, 1.165) is 11.1 Å². The predicted octanol–water partition coefficient (Wildman–Crippen LogP) is 2.47. The summed E-state index contributed by atoms with van der Waals surface area (Å²) in [5, 5.41) is 2.53. The molecule has 1 heterocycles. The van der Waals surface area contributed by atoms with E-state index in [0.29, 0.717) is 5.69 Å². The van der Waals surface area contributed by atoms with E-state index >= 15 is 0 Å². The van der Waals surface area contributed by atoms with Gasteiger partial charge >= 0.3 is 12.2 Å². The van der Waals surface area contributed by atoms with Crippen molar-refractivity contribution >= 4 is 17.6 Å². The number of carbonyl (C=O) groups is 2. The van der Waals surface area contributed by atoms with Gasteiger partial charge in [0, 0.05) is 24.0 Å². The molecule has 0 saturated carbocycles. The quantitative estimate of drug-likeness (QED) is 0.880. The van der Waals surface area contributed by atoms with E-state index in [1.165, 1.54) is 0 Å². The van der Waals surface area contributed by atoms with E-state index < -0.39 is 36.0 Å². The molecular formula is C14H14F3N3O2. The standard InChI is InChI=1S/C14H14F3N3O2/c15-14(16,17)11-6-7-20(8-10(11)12(18)21)13(22)19-9-4-2-1-3-5-9/h1-5,8,11H,6-7H2,(H2,18,21)(H,19,22)/t11-/m0/s1. The van der Waals surface area contributed by atoms with Crippen molar-refractivity contribution in [3.63, 3.8) is 0 Å². The van der Waals surface area contributed by atoms with Gasteiger partial charge in [0.2, 0.25) is 5.91 Å². The molecule has 0 fully saturated rings. The lowest BCUT2D eigenvalue weighted by atomic mass is 9.92. The zero-order valence-corrected chi connectivity index (χ0v) is 11.4. The topological polar surface area (TPSA) is 75.4 Å². The first-order chi connectivity index (χ1) is 10.3. The number of halogens is 3. The normalized spacial score (nSPS) is 18.6. The van der Waals surface area contributed by atoms with Gasteiger partial charge in [0.05, 0.1) is 5.92 Å². The summed E-state index contributed by atoms with van der Waals surface area (Å²) in [6.07, 6.45) is -4.09. The zero-order chi connectivity index (χ0) is 16.3. The van der Waals surface area contributed by atoms with Crippen LogP contribution in [0.1, 0.15) is 6.42 Å². The zero-order valence-electron chi connectivity index (χ0n) is 11.4. The van der Waals surface area contributed by atoms with E-state index in [9.17, 15) is 22.8 Å². The average molecular weight is 313 g/mol. The maximum Gasteiger partial charge on any atom is 0.396 e. The molecule has 0 radical (unpaired) electrons. The summed E-state index contributed by atoms with van der Waals surface area (Å²) in [6.45, 7) is -0.153. The SMILES string of the molecule is NC(=O)C1=CN(C(=O)Nc2ccccc2)CC[C@@H]1C(F)(F)F. The number of urea groups is 1. The molecule has 0 bridgehead atoms. The molecule has 3 amide bonds. The largest absolute Gasteiger partial charge is 0.396 e. The van der Waals surface area contributed by atoms with Gasteiger partial charge in [0.15, 0.2) is 0 Å². The summed E-state index contributed by atoms with van der Waals surface area (Å²) in [5.41, 5.74) is 4.89. The second-order valence-electron chi connectivity index (χ2n) is 4.82. The van der Waals surface area contributed by atoms with Crippen LogP contribution in [0.15, 0.2) is 42.1 Å². The van der Waals surface area contributed by atoms with Crippen LogP contribution < -0.4 is 11.1 Å². The summed E-state index contributed by atoms with van der Waals surface area (Å²) < 4.78 is 38.6. The Morgan fingerprint density at radius 1 is 1.23 bits per heavy atom. The van der Waals surface area contributed by atoms with Crippen molar-refractivity contribution in [1.82, 2.24) is 4.90 Å². The molecule has 0 spiro atoms. The maximum absolute atomic E-state index is 12.9. The van der Waals surface area contributed by atoms with Crippen LogP contribution in [0.5, 0.6) is 0 Å². The Kier molecular flexibility index (Phi) is 4.39. The number of amides is 3. The van der Waals surface area contributed by atoms with Gasteiger partial charge < -0.3 is 16.0 Å². The number of carbonyl (C=O) groups excluding carboxylic acids is 2. The van der Waals surface area contributed by atoms with Crippen LogP contribution in [0.2, 0.25) is 0 Å². The van der Waals surface area contributed by atoms with Gasteiger partial charge in [-0.1, -0.05) is 18.2 Å². The molecule has 0 unspecified atom stereocenters. The third-order valence-electron chi connectivity index (χ3n) is 3.29. The van der Waals surface area contributed by atoms with Gasteiger partial charge in [0.1, 0.15) is 0 Å². The number of anilines is 1. The van der Waals surface area contributed by atoms with Crippen molar-refractivity contribution in [2.24, 2.45) is 11.7 Å². The third kappa shape index (κ3) is 3.57. The number of rotatable bonds is 2. The Morgan fingerprint density at radius 2 is 1.86 bits per heavy atom. The molecule has 8 heteroatoms. The van der Waals surface area contributed by atoms with Crippen molar-refractivity contribution in [2.75, 3.05) is 11.9 Å². The minimum atomic E-state index is -4.57. The van der Waals surface area contributed by atoms with Crippen molar-refractivity contribution in [1.29, 1.82) is 0 Å². The Balaban J connectivity index is 2.18. The van der Waals surface area contributed by atoms with Crippen LogP contribution in [-0.2, 0) is 4.79 Å². The average Bonchev–Trinajstić information content (AvgIpc) is 2.46. The van der Waals surface area contributed by atoms with E-state index in [4.69, 9.17) is 5.73 Å². The van der Waals surface area contributed by atoms with E-state index in [1.807, 2.05) is 0 Å². The fraction of sp³-hybridized carbons (Fsp3) is 0.286. The van der Waals surface area contributed by atoms with Gasteiger partial charge in [-0.15, -0.1) is 0 Å². The van der Waals surface area contributed by atoms with E-state index in [2.05, 4.69) is 5.32 Å². The highest BCUT2D eigenvalue weighted by molar-refractivity contribution is 5.95. The molecule has 1 aromatic carbocycles. The molecule has 1 aliphatic rings. The molecule has 1 atom stereocenters. The molecule has 3 N–H and O–H groups in total. The monoisotopic (exact) mass is 313 g/mol. The van der Waals surface area contributed by atoms with E-state index in [1.54, 1.807) is 30.3 Å². The molecule has 1 aromatic rings. The van der Waals surface area contributed by atoms with E-state index in [-0.39, 0.29) is 6.54 Å². The first-order valence-electron chi connectivity index (χ1n) is 6.50. The van der Waals surface area contributed by atoms with Gasteiger partial charge in [-0.3, -0.25) is 4.79 Å². The lowest BCUT2D eigenvalue weighted by Crippen LogP contribution is -2.42. The Morgan fingerprint density at radius 3 is 2.41 bits per heavy atom. The highest BCUT2D eigenvalue weighted by atomic mass is 19.4. The summed E-state index contributed by atoms with van der Waals surface area (Å²) in [4.78, 5) is 24.3. The number of alkyl halides is 3. The third-order valence-corrected chi connectivity index (χ3v) is 3.29. The van der Waals surface area contributed by atoms with Crippen molar-refractivity contribution in [2.45, 2.75) is 12.6 Å². The minimum absolute atomic E-state index is 0.153. The predicted molar refractivity (Wildman–Crippen MR) is 73.6 cm³/mol. The Hall–Kier alpha value is -2.51. The van der Waals surface area contributed by atoms with Gasteiger partial charge in [-0.2, -0.15) is 13.2 Å². The molecule has 118 valence electrons. The van der Waals surface area contributed by atoms with Crippen LogP contribution in [0, 0.1) is 5.92 Å². The van der Waals surface area contributed by atoms with Crippen LogP contribution >= 0.6 is 0 Å². The Bertz CT molecular complexity index is 599. The second kappa shape index (κ2) is 6.08. The summed E-state index contributed by atoms with van der Waals surface area (Å²) >= 11 is 0. The number of hydrogen-bond acceptors (Lipinski definition) is 2. The molecule has 1 aliphatic heterocycles. The molecule has 0 aromatic heterocycles. The molecular weight excluding hydrogens is 299 g/mol. The number of nitrogens with one attached hydrogen (secondary N) is 1. The van der Waals surface area contributed by atoms with Crippen LogP contribution in [0.4, 0.5) is 23.7 Å². The smallest absolute Gasteiger partial charge is 0.366 e. The highest BCUT2D eigenvalue weighted by Gasteiger charge is 2.45. The fourth-order valence-electron chi connectivity index (χ4n) is 2.20. The number of nitrogens with zero attached hydrogens (tertiary/aromatic N) is 1. The number of nitrogens with two attached hydrogens (primary N) is 1. The summed E-state index contributed by atoms with van der Waals surface area (Å²) in [6, 6.07) is 7.82. The van der Waals surface area contributed by atoms with Gasteiger partial charge in [-0.25, -0.2) is 4.79 Å². The van der Waals surface area contributed by atoms with Crippen molar-refractivity contribution in [3.8, 4) is 0 Å². The van der Waals surface area contributed by atoms with Crippen LogP contribution in [0.3, 0.4) is 0 Å². The molecule has 5 nitrogen and oxygen atoms in total. The highest BCUT2D eigenvalue weighted by Crippen LogP contribution is 2.37. The number of primary amides is 1. The molecule has 2 rings (SSSR count). The van der Waals surface area contributed by atoms with Gasteiger partial charge in [0.25, 0.3) is 0 Å². The fourth-order valence-corrected chi connectivity index (χ4v) is 2.20. The van der Waals surface area contributed by atoms with Crippen LogP contribution in [0.25, 0.3) is 0 Å². The molecule has 22 heavy (non-hydrogen) atoms. The molecule has 0 aliphatic carbocycles. The first kappa shape index (κ1) is 15.9. The lowest BCUT2D eigenvalue weighted by molar-refractivity contribution is -0.169. The second-order valence-corrected chi connectivity index (χ2v) is 4.82. The minimum Gasteiger partial charge on any atom is -0.366 e. The van der Waals surface area contributed by atoms with Gasteiger partial charge in [-0.05, 0) is 18.6 Å². The lowest BCUT2D eigenvalue weighted by Gasteiger charge is -2.31. The number of para-hydroxylation sites is 1. The summed E-state index contributed by atoms with van der Waals surface area (Å²) in [7, 11) is 0. The summed E-state index contributed by atoms with van der Waals surface area (Å²) in [5.74, 6) is -3.12. The Labute approximate surface area is 124 Å². The first-order valence-corrected chi connectivity index (χ1v) is 6.50. The maximum atomic E-state index is 12.9. The molecule has 0 saturated heterocycles. The number of hydrogen-bond donors (Lipinski definition) is 2. The van der Waals surface area contributed by atoms with Crippen molar-refractivity contribution in [3.05, 3.63) is 42.1 Å². The number of benzene rings is 1.